The highest BCUT2D eigenvalue weighted by Crippen LogP contribution is 2.02. The molecule has 0 saturated carbocycles. The normalized spacial score (nSPS) is 10.6. The molecule has 0 spiro atoms. The Morgan fingerprint density at radius 1 is 1.64 bits per heavy atom. The van der Waals surface area contributed by atoms with Crippen molar-refractivity contribution in [3.63, 3.8) is 0 Å². The van der Waals surface area contributed by atoms with Crippen LogP contribution in [-0.4, -0.2) is 22.4 Å². The summed E-state index contributed by atoms with van der Waals surface area (Å²) in [6, 6.07) is 1.68. The van der Waals surface area contributed by atoms with Gasteiger partial charge in [-0.2, -0.15) is 5.10 Å². The summed E-state index contributed by atoms with van der Waals surface area (Å²) in [7, 11) is 0. The number of hydrogen-bond acceptors (Lipinski definition) is 3. The Kier molecular flexibility index (Phi) is 3.68. The van der Waals surface area contributed by atoms with Gasteiger partial charge < -0.3 is 4.74 Å². The molecular weight excluding hydrogens is 180 g/mol. The molecule has 1 heterocycles. The molecule has 0 N–H and O–H groups in total. The summed E-state index contributed by atoms with van der Waals surface area (Å²) in [6.07, 6.45) is 1.80. The molecule has 0 aliphatic heterocycles. The van der Waals surface area contributed by atoms with Crippen LogP contribution in [0.15, 0.2) is 12.3 Å². The number of rotatable bonds is 4. The van der Waals surface area contributed by atoms with Crippen LogP contribution < -0.4 is 0 Å². The zero-order valence-corrected chi connectivity index (χ0v) is 8.86. The van der Waals surface area contributed by atoms with E-state index in [0.29, 0.717) is 18.2 Å². The van der Waals surface area contributed by atoms with E-state index in [1.54, 1.807) is 23.9 Å². The number of carbonyl (C=O) groups is 1. The summed E-state index contributed by atoms with van der Waals surface area (Å²) < 4.78 is 6.59. The second kappa shape index (κ2) is 4.79. The molecule has 0 fully saturated rings. The first kappa shape index (κ1) is 10.8. The second-order valence-electron chi connectivity index (χ2n) is 3.54. The third kappa shape index (κ3) is 2.87. The Hall–Kier alpha value is -1.32. The lowest BCUT2D eigenvalue weighted by atomic mass is 10.2. The Balaban J connectivity index is 2.63. The van der Waals surface area contributed by atoms with E-state index < -0.39 is 0 Å². The molecule has 0 radical (unpaired) electrons. The summed E-state index contributed by atoms with van der Waals surface area (Å²) in [5.74, 6) is 0.167. The predicted octanol–water partition coefficient (Wildman–Crippen LogP) is 1.72. The zero-order chi connectivity index (χ0) is 10.6. The van der Waals surface area contributed by atoms with Crippen LogP contribution in [0.2, 0.25) is 0 Å². The first-order chi connectivity index (χ1) is 6.63. The molecule has 1 rings (SSSR count). The van der Waals surface area contributed by atoms with Crippen molar-refractivity contribution in [2.24, 2.45) is 5.92 Å². The van der Waals surface area contributed by atoms with E-state index >= 15 is 0 Å². The summed E-state index contributed by atoms with van der Waals surface area (Å²) in [5, 5.41) is 4.11. The Labute approximate surface area is 83.9 Å². The van der Waals surface area contributed by atoms with Crippen molar-refractivity contribution in [2.45, 2.75) is 27.3 Å². The van der Waals surface area contributed by atoms with Crippen LogP contribution in [0, 0.1) is 5.92 Å². The first-order valence-corrected chi connectivity index (χ1v) is 4.84. The molecule has 1 aromatic rings. The fraction of sp³-hybridized carbons (Fsp3) is 0.600. The lowest BCUT2D eigenvalue weighted by molar-refractivity contribution is 0.0518. The van der Waals surface area contributed by atoms with Crippen LogP contribution in [0.4, 0.5) is 0 Å². The summed E-state index contributed by atoms with van der Waals surface area (Å²) in [4.78, 5) is 11.2. The molecule has 0 amide bonds. The maximum atomic E-state index is 11.2. The molecule has 0 saturated heterocycles. The fourth-order valence-corrected chi connectivity index (χ4v) is 1.15. The Bertz CT molecular complexity index is 305. The molecule has 4 heteroatoms. The van der Waals surface area contributed by atoms with Crippen molar-refractivity contribution in [1.29, 1.82) is 0 Å². The quantitative estimate of drug-likeness (QED) is 0.689. The average molecular weight is 196 g/mol. The minimum absolute atomic E-state index is 0.352. The number of aromatic nitrogens is 2. The van der Waals surface area contributed by atoms with Gasteiger partial charge in [0.25, 0.3) is 0 Å². The molecular formula is C10H16N2O2. The Morgan fingerprint density at radius 2 is 2.36 bits per heavy atom. The smallest absolute Gasteiger partial charge is 0.358 e. The van der Waals surface area contributed by atoms with Crippen molar-refractivity contribution in [3.8, 4) is 0 Å². The van der Waals surface area contributed by atoms with Gasteiger partial charge in [0, 0.05) is 12.7 Å². The van der Waals surface area contributed by atoms with Gasteiger partial charge in [0.2, 0.25) is 0 Å². The van der Waals surface area contributed by atoms with Gasteiger partial charge in [-0.25, -0.2) is 4.79 Å². The molecule has 0 aliphatic rings. The number of hydrogen-bond donors (Lipinski definition) is 0. The third-order valence-corrected chi connectivity index (χ3v) is 1.68. The van der Waals surface area contributed by atoms with Crippen LogP contribution in [-0.2, 0) is 11.3 Å². The molecule has 78 valence electrons. The van der Waals surface area contributed by atoms with E-state index in [-0.39, 0.29) is 5.97 Å². The zero-order valence-electron chi connectivity index (χ0n) is 8.86. The minimum atomic E-state index is -0.352. The van der Waals surface area contributed by atoms with E-state index in [2.05, 4.69) is 18.9 Å². The first-order valence-electron chi connectivity index (χ1n) is 4.84. The van der Waals surface area contributed by atoms with Gasteiger partial charge in [-0.05, 0) is 18.9 Å². The van der Waals surface area contributed by atoms with Crippen LogP contribution in [0.3, 0.4) is 0 Å². The van der Waals surface area contributed by atoms with Crippen LogP contribution in [0.5, 0.6) is 0 Å². The predicted molar refractivity (Wildman–Crippen MR) is 53.0 cm³/mol. The average Bonchev–Trinajstić information content (AvgIpc) is 2.52. The highest BCUT2D eigenvalue weighted by molar-refractivity contribution is 5.86. The van der Waals surface area contributed by atoms with E-state index in [1.165, 1.54) is 0 Å². The summed E-state index contributed by atoms with van der Waals surface area (Å²) >= 11 is 0. The van der Waals surface area contributed by atoms with Crippen molar-refractivity contribution in [1.82, 2.24) is 9.78 Å². The molecule has 0 aromatic carbocycles. The van der Waals surface area contributed by atoms with Gasteiger partial charge in [-0.15, -0.1) is 0 Å². The van der Waals surface area contributed by atoms with E-state index in [4.69, 9.17) is 4.74 Å². The lowest BCUT2D eigenvalue weighted by Gasteiger charge is -2.03. The van der Waals surface area contributed by atoms with Gasteiger partial charge in [0.15, 0.2) is 5.69 Å². The van der Waals surface area contributed by atoms with Crippen molar-refractivity contribution >= 4 is 5.97 Å². The van der Waals surface area contributed by atoms with Crippen molar-refractivity contribution < 1.29 is 9.53 Å². The highest BCUT2D eigenvalue weighted by atomic mass is 16.5. The lowest BCUT2D eigenvalue weighted by Crippen LogP contribution is -2.09. The number of carbonyl (C=O) groups excluding carboxylic acids is 1. The van der Waals surface area contributed by atoms with Crippen LogP contribution in [0.1, 0.15) is 31.3 Å². The molecule has 14 heavy (non-hydrogen) atoms. The fourth-order valence-electron chi connectivity index (χ4n) is 1.15. The number of ether oxygens (including phenoxy) is 1. The van der Waals surface area contributed by atoms with E-state index in [1.807, 2.05) is 0 Å². The second-order valence-corrected chi connectivity index (χ2v) is 3.54. The van der Waals surface area contributed by atoms with Crippen molar-refractivity contribution in [2.75, 3.05) is 6.61 Å². The summed E-state index contributed by atoms with van der Waals surface area (Å²) in [5.41, 5.74) is 0.382. The topological polar surface area (TPSA) is 44.1 Å². The van der Waals surface area contributed by atoms with Gasteiger partial charge >= 0.3 is 5.97 Å². The maximum Gasteiger partial charge on any atom is 0.358 e. The van der Waals surface area contributed by atoms with Gasteiger partial charge in [0.05, 0.1) is 6.61 Å². The number of esters is 1. The van der Waals surface area contributed by atoms with Gasteiger partial charge in [-0.3, -0.25) is 4.68 Å². The minimum Gasteiger partial charge on any atom is -0.461 e. The highest BCUT2D eigenvalue weighted by Gasteiger charge is 2.10. The molecule has 0 aliphatic carbocycles. The van der Waals surface area contributed by atoms with Gasteiger partial charge in [0.1, 0.15) is 0 Å². The van der Waals surface area contributed by atoms with E-state index in [9.17, 15) is 4.79 Å². The SMILES string of the molecule is CCOC(=O)c1ccn(CC(C)C)n1. The van der Waals surface area contributed by atoms with Crippen molar-refractivity contribution in [3.05, 3.63) is 18.0 Å². The molecule has 0 bridgehead atoms. The monoisotopic (exact) mass is 196 g/mol. The third-order valence-electron chi connectivity index (χ3n) is 1.68. The summed E-state index contributed by atoms with van der Waals surface area (Å²) in [6.45, 7) is 7.19. The van der Waals surface area contributed by atoms with Crippen LogP contribution >= 0.6 is 0 Å². The molecule has 0 unspecified atom stereocenters. The number of nitrogens with zero attached hydrogens (tertiary/aromatic N) is 2. The maximum absolute atomic E-state index is 11.2. The molecule has 1 aromatic heterocycles. The van der Waals surface area contributed by atoms with E-state index in [0.717, 1.165) is 6.54 Å². The largest absolute Gasteiger partial charge is 0.461 e. The van der Waals surface area contributed by atoms with Crippen LogP contribution in [0.25, 0.3) is 0 Å². The van der Waals surface area contributed by atoms with Gasteiger partial charge in [-0.1, -0.05) is 13.8 Å². The Morgan fingerprint density at radius 3 is 2.93 bits per heavy atom. The molecule has 4 nitrogen and oxygen atoms in total. The standard InChI is InChI=1S/C10H16N2O2/c1-4-14-10(13)9-5-6-12(11-9)7-8(2)3/h5-6,8H,4,7H2,1-3H3. The molecule has 0 atom stereocenters.